The summed E-state index contributed by atoms with van der Waals surface area (Å²) < 4.78 is 16.7. The summed E-state index contributed by atoms with van der Waals surface area (Å²) in [4.78, 5) is 12.0. The fraction of sp³-hybridized carbons (Fsp3) is 0.583. The second-order valence-electron chi connectivity index (χ2n) is 5.59. The van der Waals surface area contributed by atoms with Gasteiger partial charge in [-0.15, -0.1) is 0 Å². The molecule has 2 aromatic heterocycles. The molecule has 0 aliphatic heterocycles. The van der Waals surface area contributed by atoms with Gasteiger partial charge in [0.25, 0.3) is 0 Å². The van der Waals surface area contributed by atoms with Crippen LogP contribution in [0, 0.1) is 11.3 Å². The van der Waals surface area contributed by atoms with Crippen LogP contribution in [0.2, 0.25) is 5.28 Å². The number of fused-ring (bicyclic) bond motifs is 2. The maximum atomic E-state index is 10.4. The number of halogens is 1. The molecule has 0 bridgehead atoms. The Balaban J connectivity index is 1.84. The van der Waals surface area contributed by atoms with Crippen molar-refractivity contribution < 1.29 is 18.1 Å². The number of anilines is 1. The Hall–Kier alpha value is -1.48. The van der Waals surface area contributed by atoms with E-state index in [4.69, 9.17) is 20.1 Å². The van der Waals surface area contributed by atoms with Gasteiger partial charge in [-0.25, -0.2) is 4.98 Å². The first kappa shape index (κ1) is 11.1. The Kier molecular flexibility index (Phi) is 2.14. The molecule has 0 unspecified atom stereocenters. The number of hydrogen-bond acceptors (Lipinski definition) is 7. The van der Waals surface area contributed by atoms with Crippen molar-refractivity contribution in [3.8, 4) is 0 Å². The van der Waals surface area contributed by atoms with Crippen LogP contribution in [0.1, 0.15) is 15.2 Å². The minimum absolute atomic E-state index is 0.0793. The molecule has 0 saturated heterocycles. The minimum atomic E-state index is -2.60. The molecule has 9 heteroatoms. The topological polar surface area (TPSA) is 130 Å². The number of nitrogens with two attached hydrogens (primary N) is 1. The van der Waals surface area contributed by atoms with Gasteiger partial charge in [-0.3, -0.25) is 0 Å². The zero-order chi connectivity index (χ0) is 16.7. The molecule has 2 aliphatic rings. The van der Waals surface area contributed by atoms with Crippen molar-refractivity contribution in [2.45, 2.75) is 24.7 Å². The highest BCUT2D eigenvalue weighted by Gasteiger charge is 2.71. The van der Waals surface area contributed by atoms with Crippen molar-refractivity contribution in [3.63, 3.8) is 0 Å². The SMILES string of the molecule is [2H]C([2H])(O)[C@@]12C[C@@H]1[C@@H](n1cnc3c(N)nc(Cl)nc31)[C@H](O)[C@@H]2O. The summed E-state index contributed by atoms with van der Waals surface area (Å²) in [6.07, 6.45) is -1.03. The number of imidazole rings is 1. The Morgan fingerprint density at radius 1 is 1.52 bits per heavy atom. The maximum Gasteiger partial charge on any atom is 0.226 e. The smallest absolute Gasteiger partial charge is 0.226 e. The van der Waals surface area contributed by atoms with E-state index in [2.05, 4.69) is 15.0 Å². The molecule has 0 radical (unpaired) electrons. The largest absolute Gasteiger partial charge is 0.396 e. The van der Waals surface area contributed by atoms with E-state index in [1.807, 2.05) is 0 Å². The van der Waals surface area contributed by atoms with Gasteiger partial charge >= 0.3 is 0 Å². The maximum absolute atomic E-state index is 10.4. The predicted octanol–water partition coefficient (Wildman–Crippen LogP) is -0.663. The van der Waals surface area contributed by atoms with Gasteiger partial charge in [0.1, 0.15) is 11.6 Å². The van der Waals surface area contributed by atoms with Gasteiger partial charge in [0.15, 0.2) is 11.5 Å². The third-order valence-electron chi connectivity index (χ3n) is 4.62. The van der Waals surface area contributed by atoms with Crippen LogP contribution in [-0.2, 0) is 0 Å². The number of rotatable bonds is 2. The van der Waals surface area contributed by atoms with Gasteiger partial charge in [-0.05, 0) is 23.9 Å². The zero-order valence-corrected chi connectivity index (χ0v) is 11.4. The van der Waals surface area contributed by atoms with Gasteiger partial charge < -0.3 is 25.6 Å². The Morgan fingerprint density at radius 3 is 2.95 bits per heavy atom. The molecule has 2 saturated carbocycles. The van der Waals surface area contributed by atoms with Gasteiger partial charge in [-0.2, -0.15) is 9.97 Å². The molecule has 21 heavy (non-hydrogen) atoms. The number of aliphatic hydroxyl groups excluding tert-OH is 2. The van der Waals surface area contributed by atoms with E-state index in [0.29, 0.717) is 11.2 Å². The van der Waals surface area contributed by atoms with E-state index >= 15 is 0 Å². The molecule has 5 atom stereocenters. The first-order valence-electron chi connectivity index (χ1n) is 7.42. The lowest BCUT2D eigenvalue weighted by Gasteiger charge is -2.23. The summed E-state index contributed by atoms with van der Waals surface area (Å²) in [5, 5.41) is 30.4. The van der Waals surface area contributed by atoms with E-state index in [1.54, 1.807) is 0 Å². The highest BCUT2D eigenvalue weighted by atomic mass is 35.5. The Labute approximate surface area is 127 Å². The third kappa shape index (κ3) is 1.53. The quantitative estimate of drug-likeness (QED) is 0.541. The lowest BCUT2D eigenvalue weighted by Crippen LogP contribution is -2.35. The van der Waals surface area contributed by atoms with Gasteiger partial charge in [0.2, 0.25) is 5.28 Å². The van der Waals surface area contributed by atoms with Crippen molar-refractivity contribution in [1.82, 2.24) is 19.5 Å². The molecule has 0 spiro atoms. The molecule has 2 fully saturated rings. The van der Waals surface area contributed by atoms with Crippen molar-refractivity contribution in [2.24, 2.45) is 11.3 Å². The van der Waals surface area contributed by atoms with E-state index < -0.39 is 36.1 Å². The number of nitrogens with zero attached hydrogens (tertiary/aromatic N) is 4. The van der Waals surface area contributed by atoms with Crippen LogP contribution < -0.4 is 5.73 Å². The van der Waals surface area contributed by atoms with Crippen LogP contribution in [0.4, 0.5) is 5.82 Å². The van der Waals surface area contributed by atoms with Gasteiger partial charge in [-0.1, -0.05) is 0 Å². The summed E-state index contributed by atoms with van der Waals surface area (Å²) >= 11 is 5.82. The monoisotopic (exact) mass is 313 g/mol. The molecular formula is C12H14ClN5O3. The molecule has 2 aliphatic carbocycles. The van der Waals surface area contributed by atoms with E-state index in [0.717, 1.165) is 0 Å². The summed E-state index contributed by atoms with van der Waals surface area (Å²) in [6, 6.07) is -0.692. The molecule has 5 N–H and O–H groups in total. The average Bonchev–Trinajstić information content (AvgIpc) is 2.99. The lowest BCUT2D eigenvalue weighted by atomic mass is 10.0. The third-order valence-corrected chi connectivity index (χ3v) is 4.79. The number of hydrogen-bond donors (Lipinski definition) is 4. The molecule has 2 aromatic rings. The Morgan fingerprint density at radius 2 is 2.29 bits per heavy atom. The van der Waals surface area contributed by atoms with Crippen LogP contribution in [0.25, 0.3) is 11.2 Å². The number of aliphatic hydroxyl groups is 3. The highest BCUT2D eigenvalue weighted by Crippen LogP contribution is 2.67. The molecule has 2 heterocycles. The first-order valence-corrected chi connectivity index (χ1v) is 6.80. The molecule has 0 aromatic carbocycles. The van der Waals surface area contributed by atoms with E-state index in [-0.39, 0.29) is 17.5 Å². The van der Waals surface area contributed by atoms with Gasteiger partial charge in [0.05, 0.1) is 27.8 Å². The van der Waals surface area contributed by atoms with Crippen molar-refractivity contribution in [2.75, 3.05) is 12.3 Å². The standard InChI is InChI=1S/C12H14ClN5O3/c13-11-16-9(14)5-10(17-11)18(3-15-5)6-4-1-12(4,2-19)8(21)7(6)20/h3-4,6-8,19-21H,1-2H2,(H2,14,16,17)/t4-,6-,7+,8+,12+/m1/s1/i2D2. The van der Waals surface area contributed by atoms with Crippen LogP contribution in [0.3, 0.4) is 0 Å². The second kappa shape index (κ2) is 4.04. The summed E-state index contributed by atoms with van der Waals surface area (Å²) in [7, 11) is 0. The summed E-state index contributed by atoms with van der Waals surface area (Å²) in [5.74, 6) is -0.369. The van der Waals surface area contributed by atoms with Crippen LogP contribution >= 0.6 is 11.6 Å². The van der Waals surface area contributed by atoms with Crippen LogP contribution in [-0.4, -0.2) is 53.6 Å². The number of aromatic nitrogens is 4. The van der Waals surface area contributed by atoms with Crippen LogP contribution in [0.15, 0.2) is 6.33 Å². The lowest BCUT2D eigenvalue weighted by molar-refractivity contribution is -0.0300. The fourth-order valence-corrected chi connectivity index (χ4v) is 3.65. The fourth-order valence-electron chi connectivity index (χ4n) is 3.48. The molecule has 8 nitrogen and oxygen atoms in total. The predicted molar refractivity (Wildman–Crippen MR) is 73.4 cm³/mol. The Bertz CT molecular complexity index is 812. The molecular weight excluding hydrogens is 298 g/mol. The average molecular weight is 314 g/mol. The molecule has 4 rings (SSSR count). The summed E-state index contributed by atoms with van der Waals surface area (Å²) in [6.45, 7) is -2.60. The van der Waals surface area contributed by atoms with Crippen LogP contribution in [0.5, 0.6) is 0 Å². The van der Waals surface area contributed by atoms with Gasteiger partial charge in [0, 0.05) is 5.41 Å². The van der Waals surface area contributed by atoms with E-state index in [1.165, 1.54) is 10.9 Å². The summed E-state index contributed by atoms with van der Waals surface area (Å²) in [5.41, 5.74) is 4.95. The minimum Gasteiger partial charge on any atom is -0.396 e. The van der Waals surface area contributed by atoms with Crippen molar-refractivity contribution in [1.29, 1.82) is 0 Å². The van der Waals surface area contributed by atoms with Crippen molar-refractivity contribution in [3.05, 3.63) is 11.6 Å². The zero-order valence-electron chi connectivity index (χ0n) is 12.7. The van der Waals surface area contributed by atoms with Crippen molar-refractivity contribution >= 4 is 28.6 Å². The number of nitrogen functional groups attached to an aromatic ring is 1. The molecule has 0 amide bonds. The normalized spacial score (nSPS) is 40.0. The second-order valence-corrected chi connectivity index (χ2v) is 5.93. The molecule has 112 valence electrons. The first-order chi connectivity index (χ1) is 10.7. The van der Waals surface area contributed by atoms with E-state index in [9.17, 15) is 15.3 Å². The highest BCUT2D eigenvalue weighted by molar-refractivity contribution is 6.28.